The zero-order chi connectivity index (χ0) is 17.6. The third kappa shape index (κ3) is 26.3. The van der Waals surface area contributed by atoms with Gasteiger partial charge >= 0.3 is 0 Å². The number of hydrogen-bond donors (Lipinski definition) is 0. The standard InChI is InChI=1S/C24H50.H2O/c1-3-5-7-9-11-13-15-17-19-21-23-24-22-20-18-16-14-12-10-8-6-4-2;/h3-24H2,1-2H3;1H2. The maximum absolute atomic E-state index is 2.30. The molecule has 0 bridgehead atoms. The SMILES string of the molecule is CCCCCCCCCCCCCCCCCCCCCCCC.O. The van der Waals surface area contributed by atoms with Gasteiger partial charge in [-0.2, -0.15) is 0 Å². The minimum Gasteiger partial charge on any atom is -0.412 e. The van der Waals surface area contributed by atoms with E-state index in [9.17, 15) is 0 Å². The molecule has 2 N–H and O–H groups in total. The van der Waals surface area contributed by atoms with E-state index in [1.165, 1.54) is 141 Å². The minimum atomic E-state index is 0. The normalized spacial score (nSPS) is 10.8. The van der Waals surface area contributed by atoms with Crippen molar-refractivity contribution in [3.63, 3.8) is 0 Å². The molecule has 0 aliphatic rings. The Morgan fingerprint density at radius 1 is 0.240 bits per heavy atom. The predicted octanol–water partition coefficient (Wildman–Crippen LogP) is 8.78. The van der Waals surface area contributed by atoms with Crippen molar-refractivity contribution in [1.82, 2.24) is 0 Å². The van der Waals surface area contributed by atoms with Crippen LogP contribution in [0.15, 0.2) is 0 Å². The summed E-state index contributed by atoms with van der Waals surface area (Å²) in [6.07, 6.45) is 32.4. The molecule has 0 fully saturated rings. The monoisotopic (exact) mass is 356 g/mol. The predicted molar refractivity (Wildman–Crippen MR) is 117 cm³/mol. The smallest absolute Gasteiger partial charge is 0.0533 e. The lowest BCUT2D eigenvalue weighted by molar-refractivity contribution is 0.520. The van der Waals surface area contributed by atoms with Crippen LogP contribution >= 0.6 is 0 Å². The Bertz CT molecular complexity index is 180. The van der Waals surface area contributed by atoms with Gasteiger partial charge in [-0.05, 0) is 0 Å². The summed E-state index contributed by atoms with van der Waals surface area (Å²) in [6.45, 7) is 4.60. The first-order valence-corrected chi connectivity index (χ1v) is 11.9. The zero-order valence-electron chi connectivity index (χ0n) is 18.1. The highest BCUT2D eigenvalue weighted by Crippen LogP contribution is 2.15. The summed E-state index contributed by atoms with van der Waals surface area (Å²) in [7, 11) is 0. The fraction of sp³-hybridized carbons (Fsp3) is 1.00. The van der Waals surface area contributed by atoms with Crippen molar-refractivity contribution in [2.24, 2.45) is 0 Å². The number of unbranched alkanes of at least 4 members (excludes halogenated alkanes) is 21. The first kappa shape index (κ1) is 27.2. The largest absolute Gasteiger partial charge is 0.412 e. The summed E-state index contributed by atoms with van der Waals surface area (Å²) < 4.78 is 0. The van der Waals surface area contributed by atoms with E-state index in [0.717, 1.165) is 0 Å². The van der Waals surface area contributed by atoms with E-state index in [4.69, 9.17) is 0 Å². The Kier molecular flexibility index (Phi) is 28.5. The van der Waals surface area contributed by atoms with E-state index in [0.29, 0.717) is 0 Å². The molecule has 0 rings (SSSR count). The van der Waals surface area contributed by atoms with Gasteiger partial charge in [-0.1, -0.05) is 155 Å². The van der Waals surface area contributed by atoms with E-state index >= 15 is 0 Å². The van der Waals surface area contributed by atoms with E-state index in [2.05, 4.69) is 13.8 Å². The van der Waals surface area contributed by atoms with Crippen molar-refractivity contribution in [3.8, 4) is 0 Å². The average Bonchev–Trinajstić information content (AvgIpc) is 2.60. The average molecular weight is 357 g/mol. The molecule has 0 aromatic rings. The van der Waals surface area contributed by atoms with Gasteiger partial charge in [0, 0.05) is 0 Å². The highest BCUT2D eigenvalue weighted by Gasteiger charge is 1.95. The molecule has 0 saturated heterocycles. The lowest BCUT2D eigenvalue weighted by Crippen LogP contribution is -1.84. The molecular weight excluding hydrogens is 304 g/mol. The third-order valence-corrected chi connectivity index (χ3v) is 5.46. The maximum Gasteiger partial charge on any atom is -0.0533 e. The van der Waals surface area contributed by atoms with Crippen LogP contribution in [0.2, 0.25) is 0 Å². The highest BCUT2D eigenvalue weighted by atomic mass is 16.0. The van der Waals surface area contributed by atoms with Gasteiger partial charge in [-0.3, -0.25) is 0 Å². The van der Waals surface area contributed by atoms with Crippen LogP contribution in [-0.2, 0) is 0 Å². The third-order valence-electron chi connectivity index (χ3n) is 5.46. The van der Waals surface area contributed by atoms with E-state index in [1.807, 2.05) is 0 Å². The van der Waals surface area contributed by atoms with Crippen molar-refractivity contribution in [3.05, 3.63) is 0 Å². The van der Waals surface area contributed by atoms with Gasteiger partial charge in [0.25, 0.3) is 0 Å². The van der Waals surface area contributed by atoms with Gasteiger partial charge in [-0.25, -0.2) is 0 Å². The lowest BCUT2D eigenvalue weighted by atomic mass is 10.0. The molecule has 0 aromatic carbocycles. The quantitative estimate of drug-likeness (QED) is 0.184. The molecule has 25 heavy (non-hydrogen) atoms. The van der Waals surface area contributed by atoms with Crippen molar-refractivity contribution >= 4 is 0 Å². The molecule has 0 spiro atoms. The van der Waals surface area contributed by atoms with Crippen molar-refractivity contribution in [1.29, 1.82) is 0 Å². The van der Waals surface area contributed by atoms with Gasteiger partial charge in [0.2, 0.25) is 0 Å². The molecule has 1 heteroatoms. The second-order valence-corrected chi connectivity index (χ2v) is 8.07. The van der Waals surface area contributed by atoms with Gasteiger partial charge in [0.1, 0.15) is 0 Å². The topological polar surface area (TPSA) is 31.5 Å². The molecule has 0 unspecified atom stereocenters. The highest BCUT2D eigenvalue weighted by molar-refractivity contribution is 4.50. The Labute approximate surface area is 161 Å². The van der Waals surface area contributed by atoms with Crippen molar-refractivity contribution in [2.75, 3.05) is 0 Å². The summed E-state index contributed by atoms with van der Waals surface area (Å²) in [5.41, 5.74) is 0. The molecule has 0 aliphatic heterocycles. The molecule has 1 nitrogen and oxygen atoms in total. The van der Waals surface area contributed by atoms with Gasteiger partial charge in [0.05, 0.1) is 0 Å². The first-order chi connectivity index (χ1) is 11.9. The van der Waals surface area contributed by atoms with Crippen molar-refractivity contribution in [2.45, 2.75) is 155 Å². The fourth-order valence-corrected chi connectivity index (χ4v) is 3.68. The second-order valence-electron chi connectivity index (χ2n) is 8.07. The van der Waals surface area contributed by atoms with Crippen LogP contribution in [0.25, 0.3) is 0 Å². The summed E-state index contributed by atoms with van der Waals surface area (Å²) in [5.74, 6) is 0. The van der Waals surface area contributed by atoms with Gasteiger partial charge < -0.3 is 5.48 Å². The fourth-order valence-electron chi connectivity index (χ4n) is 3.68. The molecular formula is C24H52O. The van der Waals surface area contributed by atoms with Crippen LogP contribution in [0, 0.1) is 0 Å². The van der Waals surface area contributed by atoms with Crippen molar-refractivity contribution < 1.29 is 5.48 Å². The van der Waals surface area contributed by atoms with Crippen LogP contribution in [-0.4, -0.2) is 5.48 Å². The number of hydrogen-bond acceptors (Lipinski definition) is 0. The number of rotatable bonds is 21. The zero-order valence-corrected chi connectivity index (χ0v) is 18.1. The summed E-state index contributed by atoms with van der Waals surface area (Å²) in [4.78, 5) is 0. The molecule has 0 radical (unpaired) electrons. The Hall–Kier alpha value is -0.0400. The van der Waals surface area contributed by atoms with E-state index in [1.54, 1.807) is 0 Å². The summed E-state index contributed by atoms with van der Waals surface area (Å²) in [6, 6.07) is 0. The second kappa shape index (κ2) is 26.2. The lowest BCUT2D eigenvalue weighted by Gasteiger charge is -2.04. The summed E-state index contributed by atoms with van der Waals surface area (Å²) >= 11 is 0. The molecule has 0 aromatic heterocycles. The van der Waals surface area contributed by atoms with E-state index < -0.39 is 0 Å². The molecule has 0 heterocycles. The van der Waals surface area contributed by atoms with Gasteiger partial charge in [0.15, 0.2) is 0 Å². The molecule has 0 saturated carbocycles. The molecule has 0 aliphatic carbocycles. The first-order valence-electron chi connectivity index (χ1n) is 11.9. The molecule has 0 amide bonds. The Balaban J connectivity index is 0. The van der Waals surface area contributed by atoms with Crippen LogP contribution in [0.3, 0.4) is 0 Å². The summed E-state index contributed by atoms with van der Waals surface area (Å²) in [5, 5.41) is 0. The van der Waals surface area contributed by atoms with Crippen LogP contribution in [0.5, 0.6) is 0 Å². The Morgan fingerprint density at radius 3 is 0.480 bits per heavy atom. The maximum atomic E-state index is 2.30. The van der Waals surface area contributed by atoms with Crippen LogP contribution < -0.4 is 0 Å². The molecule has 0 atom stereocenters. The van der Waals surface area contributed by atoms with E-state index in [-0.39, 0.29) is 5.48 Å². The minimum absolute atomic E-state index is 0. The van der Waals surface area contributed by atoms with Crippen LogP contribution in [0.1, 0.15) is 155 Å². The van der Waals surface area contributed by atoms with Crippen LogP contribution in [0.4, 0.5) is 0 Å². The molecule has 154 valence electrons. The Morgan fingerprint density at radius 2 is 0.360 bits per heavy atom. The van der Waals surface area contributed by atoms with Gasteiger partial charge in [-0.15, -0.1) is 0 Å².